The maximum Gasteiger partial charge on any atom is 0.125 e. The molecule has 0 aliphatic rings. The van der Waals surface area contributed by atoms with Crippen LogP contribution >= 0.6 is 0 Å². The average molecular weight is 236 g/mol. The number of ether oxygens (including phenoxy) is 1. The predicted molar refractivity (Wildman–Crippen MR) is 72.1 cm³/mol. The third kappa shape index (κ3) is 2.56. The molecule has 0 radical (unpaired) electrons. The van der Waals surface area contributed by atoms with Crippen molar-refractivity contribution >= 4 is 0 Å². The molecule has 0 heterocycles. The molecule has 0 aliphatic carbocycles. The van der Waals surface area contributed by atoms with Gasteiger partial charge in [0.15, 0.2) is 0 Å². The number of hydrogen-bond acceptors (Lipinski definition) is 2. The molecule has 0 fully saturated rings. The van der Waals surface area contributed by atoms with Crippen LogP contribution in [0, 0.1) is 13.8 Å². The van der Waals surface area contributed by atoms with Crippen LogP contribution in [0.1, 0.15) is 49.4 Å². The molecule has 17 heavy (non-hydrogen) atoms. The zero-order chi connectivity index (χ0) is 13.0. The number of hydrogen-bond donors (Lipinski definition) is 1. The molecule has 0 amide bonds. The fourth-order valence-corrected chi connectivity index (χ4v) is 2.38. The summed E-state index contributed by atoms with van der Waals surface area (Å²) in [5, 5.41) is 10.2. The first-order valence-corrected chi connectivity index (χ1v) is 6.54. The van der Waals surface area contributed by atoms with Crippen molar-refractivity contribution in [3.63, 3.8) is 0 Å². The fraction of sp³-hybridized carbons (Fsp3) is 0.600. The van der Waals surface area contributed by atoms with Crippen molar-refractivity contribution in [2.75, 3.05) is 6.61 Å². The summed E-state index contributed by atoms with van der Waals surface area (Å²) in [5.74, 6) is 1.44. The summed E-state index contributed by atoms with van der Waals surface area (Å²) in [7, 11) is 0. The second kappa shape index (κ2) is 5.95. The molecule has 1 aromatic carbocycles. The van der Waals surface area contributed by atoms with Crippen LogP contribution in [0.15, 0.2) is 0 Å². The second-order valence-electron chi connectivity index (χ2n) is 4.44. The summed E-state index contributed by atoms with van der Waals surface area (Å²) in [6.45, 7) is 11.1. The predicted octanol–water partition coefficient (Wildman–Crippen LogP) is 3.92. The van der Waals surface area contributed by atoms with E-state index in [-0.39, 0.29) is 0 Å². The summed E-state index contributed by atoms with van der Waals surface area (Å²) >= 11 is 0. The van der Waals surface area contributed by atoms with Gasteiger partial charge in [0, 0.05) is 11.1 Å². The Morgan fingerprint density at radius 2 is 1.41 bits per heavy atom. The van der Waals surface area contributed by atoms with Gasteiger partial charge in [0.1, 0.15) is 11.5 Å². The molecule has 1 N–H and O–H groups in total. The highest BCUT2D eigenvalue weighted by Crippen LogP contribution is 2.38. The molecule has 2 heteroatoms. The largest absolute Gasteiger partial charge is 0.507 e. The lowest BCUT2D eigenvalue weighted by Crippen LogP contribution is -2.05. The number of phenolic OH excluding ortho intramolecular Hbond substituents is 1. The van der Waals surface area contributed by atoms with Crippen LogP contribution in [-0.4, -0.2) is 11.7 Å². The Kier molecular flexibility index (Phi) is 4.86. The lowest BCUT2D eigenvalue weighted by molar-refractivity contribution is 0.311. The second-order valence-corrected chi connectivity index (χ2v) is 4.44. The van der Waals surface area contributed by atoms with E-state index in [1.54, 1.807) is 0 Å². The first-order valence-electron chi connectivity index (χ1n) is 6.54. The Balaban J connectivity index is 3.37. The minimum Gasteiger partial charge on any atom is -0.507 e. The van der Waals surface area contributed by atoms with Crippen LogP contribution in [0.2, 0.25) is 0 Å². The van der Waals surface area contributed by atoms with Crippen molar-refractivity contribution in [1.82, 2.24) is 0 Å². The van der Waals surface area contributed by atoms with Crippen LogP contribution in [0.3, 0.4) is 0 Å². The van der Waals surface area contributed by atoms with Gasteiger partial charge in [-0.3, -0.25) is 0 Å². The van der Waals surface area contributed by atoms with Gasteiger partial charge < -0.3 is 9.84 Å². The normalized spacial score (nSPS) is 10.6. The molecule has 0 atom stereocenters. The first-order chi connectivity index (χ1) is 8.08. The molecule has 0 bridgehead atoms. The fourth-order valence-electron chi connectivity index (χ4n) is 2.38. The average Bonchev–Trinajstić information content (AvgIpc) is 2.30. The van der Waals surface area contributed by atoms with Crippen LogP contribution < -0.4 is 4.74 Å². The van der Waals surface area contributed by atoms with E-state index in [0.29, 0.717) is 5.75 Å². The standard InChI is InChI=1S/C15H24O2/c1-6-9-17-15-10(4)12(7-2)14(16)13(8-3)11(15)5/h16H,6-9H2,1-5H3. The van der Waals surface area contributed by atoms with E-state index in [1.165, 1.54) is 0 Å². The first kappa shape index (κ1) is 13.9. The maximum atomic E-state index is 10.2. The Labute approximate surface area is 105 Å². The van der Waals surface area contributed by atoms with E-state index in [4.69, 9.17) is 4.74 Å². The summed E-state index contributed by atoms with van der Waals surface area (Å²) < 4.78 is 5.85. The third-order valence-corrected chi connectivity index (χ3v) is 3.32. The van der Waals surface area contributed by atoms with Gasteiger partial charge in [-0.2, -0.15) is 0 Å². The third-order valence-electron chi connectivity index (χ3n) is 3.32. The van der Waals surface area contributed by atoms with Crippen LogP contribution in [-0.2, 0) is 12.8 Å². The van der Waals surface area contributed by atoms with Crippen molar-refractivity contribution in [2.45, 2.75) is 53.9 Å². The van der Waals surface area contributed by atoms with E-state index in [2.05, 4.69) is 20.8 Å². The van der Waals surface area contributed by atoms with Gasteiger partial charge in [-0.15, -0.1) is 0 Å². The molecule has 0 saturated heterocycles. The van der Waals surface area contributed by atoms with E-state index >= 15 is 0 Å². The summed E-state index contributed by atoms with van der Waals surface area (Å²) in [6, 6.07) is 0. The zero-order valence-corrected chi connectivity index (χ0v) is 11.7. The Morgan fingerprint density at radius 3 is 1.76 bits per heavy atom. The number of rotatable bonds is 5. The van der Waals surface area contributed by atoms with Gasteiger partial charge in [-0.1, -0.05) is 20.8 Å². The molecule has 0 aromatic heterocycles. The van der Waals surface area contributed by atoms with E-state index in [9.17, 15) is 5.11 Å². The van der Waals surface area contributed by atoms with Gasteiger partial charge >= 0.3 is 0 Å². The van der Waals surface area contributed by atoms with Gasteiger partial charge in [0.25, 0.3) is 0 Å². The van der Waals surface area contributed by atoms with Crippen LogP contribution in [0.25, 0.3) is 0 Å². The highest BCUT2D eigenvalue weighted by Gasteiger charge is 2.17. The zero-order valence-electron chi connectivity index (χ0n) is 11.7. The lowest BCUT2D eigenvalue weighted by atomic mass is 9.94. The summed E-state index contributed by atoms with van der Waals surface area (Å²) in [6.07, 6.45) is 2.68. The maximum absolute atomic E-state index is 10.2. The molecule has 2 nitrogen and oxygen atoms in total. The van der Waals surface area contributed by atoms with Gasteiger partial charge in [-0.25, -0.2) is 0 Å². The molecule has 0 spiro atoms. The van der Waals surface area contributed by atoms with Gasteiger partial charge in [-0.05, 0) is 44.2 Å². The number of phenols is 1. The van der Waals surface area contributed by atoms with Crippen LogP contribution in [0.5, 0.6) is 11.5 Å². The topological polar surface area (TPSA) is 29.5 Å². The van der Waals surface area contributed by atoms with Crippen molar-refractivity contribution in [3.05, 3.63) is 22.3 Å². The van der Waals surface area contributed by atoms with Crippen LogP contribution in [0.4, 0.5) is 0 Å². The van der Waals surface area contributed by atoms with E-state index in [1.807, 2.05) is 13.8 Å². The van der Waals surface area contributed by atoms with Gasteiger partial charge in [0.05, 0.1) is 6.61 Å². The summed E-state index contributed by atoms with van der Waals surface area (Å²) in [4.78, 5) is 0. The Bertz CT molecular complexity index is 363. The van der Waals surface area contributed by atoms with Crippen molar-refractivity contribution < 1.29 is 9.84 Å². The molecule has 96 valence electrons. The molecule has 1 aromatic rings. The Morgan fingerprint density at radius 1 is 0.941 bits per heavy atom. The van der Waals surface area contributed by atoms with Crippen molar-refractivity contribution in [1.29, 1.82) is 0 Å². The monoisotopic (exact) mass is 236 g/mol. The molecule has 0 aliphatic heterocycles. The SMILES string of the molecule is CCCOc1c(C)c(CC)c(O)c(CC)c1C. The molecule has 0 unspecified atom stereocenters. The smallest absolute Gasteiger partial charge is 0.125 e. The minimum atomic E-state index is 0.467. The molecular weight excluding hydrogens is 212 g/mol. The van der Waals surface area contributed by atoms with Crippen molar-refractivity contribution in [2.24, 2.45) is 0 Å². The summed E-state index contributed by atoms with van der Waals surface area (Å²) in [5.41, 5.74) is 4.23. The molecule has 0 saturated carbocycles. The quantitative estimate of drug-likeness (QED) is 0.839. The highest BCUT2D eigenvalue weighted by molar-refractivity contribution is 5.57. The number of aromatic hydroxyl groups is 1. The van der Waals surface area contributed by atoms with Crippen molar-refractivity contribution in [3.8, 4) is 11.5 Å². The lowest BCUT2D eigenvalue weighted by Gasteiger charge is -2.20. The molecular formula is C15H24O2. The molecule has 1 rings (SSSR count). The van der Waals surface area contributed by atoms with E-state index < -0.39 is 0 Å². The highest BCUT2D eigenvalue weighted by atomic mass is 16.5. The van der Waals surface area contributed by atoms with Gasteiger partial charge in [0.2, 0.25) is 0 Å². The minimum absolute atomic E-state index is 0.467. The Hall–Kier alpha value is -1.18. The number of benzene rings is 1. The van der Waals surface area contributed by atoms with E-state index in [0.717, 1.165) is 53.9 Å².